The molecule has 3 rings (SSSR count). The minimum absolute atomic E-state index is 0.0475. The van der Waals surface area contributed by atoms with Crippen LogP contribution in [0.3, 0.4) is 0 Å². The molecular formula is C20H26N2O6S. The average molecular weight is 423 g/mol. The number of H-pyrrole nitrogens is 1. The minimum Gasteiger partial charge on any atom is -0.494 e. The van der Waals surface area contributed by atoms with Crippen LogP contribution in [0, 0.1) is 0 Å². The zero-order valence-corrected chi connectivity index (χ0v) is 17.2. The predicted octanol–water partition coefficient (Wildman–Crippen LogP) is 2.04. The molecule has 0 unspecified atom stereocenters. The number of ether oxygens (including phenoxy) is 2. The molecule has 1 saturated heterocycles. The first-order chi connectivity index (χ1) is 13.8. The number of sulfonamides is 1. The molecule has 8 nitrogen and oxygen atoms in total. The summed E-state index contributed by atoms with van der Waals surface area (Å²) in [5, 5.41) is 0.873. The number of aromatic amines is 1. The summed E-state index contributed by atoms with van der Waals surface area (Å²) in [4.78, 5) is 25.0. The van der Waals surface area contributed by atoms with Gasteiger partial charge in [0.05, 0.1) is 18.4 Å². The van der Waals surface area contributed by atoms with E-state index in [1.165, 1.54) is 17.3 Å². The molecule has 158 valence electrons. The molecule has 29 heavy (non-hydrogen) atoms. The summed E-state index contributed by atoms with van der Waals surface area (Å²) in [5.74, 6) is 0.325. The summed E-state index contributed by atoms with van der Waals surface area (Å²) >= 11 is 0. The predicted molar refractivity (Wildman–Crippen MR) is 109 cm³/mol. The Bertz CT molecular complexity index is 1020. The van der Waals surface area contributed by atoms with E-state index >= 15 is 0 Å². The molecule has 1 aliphatic rings. The quantitative estimate of drug-likeness (QED) is 0.490. The molecule has 1 aliphatic heterocycles. The van der Waals surface area contributed by atoms with Gasteiger partial charge in [-0.25, -0.2) is 8.42 Å². The average Bonchev–Trinajstić information content (AvgIpc) is 3.16. The van der Waals surface area contributed by atoms with Crippen LogP contribution in [-0.4, -0.2) is 55.2 Å². The molecule has 2 aromatic rings. The van der Waals surface area contributed by atoms with Gasteiger partial charge in [-0.3, -0.25) is 9.59 Å². The molecule has 9 heteroatoms. The Hall–Kier alpha value is -2.39. The fourth-order valence-electron chi connectivity index (χ4n) is 3.47. The van der Waals surface area contributed by atoms with Crippen LogP contribution in [0.25, 0.3) is 10.9 Å². The van der Waals surface area contributed by atoms with Gasteiger partial charge in [-0.15, -0.1) is 0 Å². The zero-order chi connectivity index (χ0) is 20.9. The Balaban J connectivity index is 1.45. The van der Waals surface area contributed by atoms with Crippen LogP contribution < -0.4 is 10.3 Å². The summed E-state index contributed by atoms with van der Waals surface area (Å²) in [6.45, 7) is 2.32. The lowest BCUT2D eigenvalue weighted by atomic mass is 10.2. The Morgan fingerprint density at radius 1 is 1.24 bits per heavy atom. The third kappa shape index (κ3) is 5.80. The van der Waals surface area contributed by atoms with Gasteiger partial charge in [-0.05, 0) is 49.9 Å². The van der Waals surface area contributed by atoms with E-state index in [1.54, 1.807) is 18.2 Å². The number of nitrogens with one attached hydrogen (secondary N) is 1. The van der Waals surface area contributed by atoms with E-state index in [9.17, 15) is 18.0 Å². The zero-order valence-electron chi connectivity index (χ0n) is 16.4. The number of carbonyl (C=O) groups is 1. The summed E-state index contributed by atoms with van der Waals surface area (Å²) in [6, 6.07) is 8.34. The summed E-state index contributed by atoms with van der Waals surface area (Å²) < 4.78 is 37.4. The van der Waals surface area contributed by atoms with Gasteiger partial charge in [0.1, 0.15) is 12.4 Å². The third-order valence-corrected chi connectivity index (χ3v) is 6.92. The van der Waals surface area contributed by atoms with E-state index in [1.807, 2.05) is 6.07 Å². The van der Waals surface area contributed by atoms with Crippen LogP contribution in [-0.2, 0) is 19.6 Å². The highest BCUT2D eigenvalue weighted by atomic mass is 32.2. The van der Waals surface area contributed by atoms with Crippen LogP contribution in [0.1, 0.15) is 32.6 Å². The van der Waals surface area contributed by atoms with Gasteiger partial charge in [-0.1, -0.05) is 0 Å². The molecule has 0 spiro atoms. The molecule has 1 atom stereocenters. The van der Waals surface area contributed by atoms with Gasteiger partial charge in [0, 0.05) is 30.4 Å². The maximum atomic E-state index is 12.6. The Morgan fingerprint density at radius 3 is 2.86 bits per heavy atom. The third-order valence-electron chi connectivity index (χ3n) is 4.92. The summed E-state index contributed by atoms with van der Waals surface area (Å²) in [7, 11) is -3.38. The highest BCUT2D eigenvalue weighted by Crippen LogP contribution is 2.23. The second-order valence-corrected chi connectivity index (χ2v) is 9.19. The molecule has 1 N–H and O–H groups in total. The van der Waals surface area contributed by atoms with Crippen molar-refractivity contribution in [3.05, 3.63) is 40.7 Å². The molecule has 0 aliphatic carbocycles. The topological polar surface area (TPSA) is 106 Å². The highest BCUT2D eigenvalue weighted by Gasteiger charge is 2.34. The fourth-order valence-corrected chi connectivity index (χ4v) is 5.30. The van der Waals surface area contributed by atoms with E-state index in [0.717, 1.165) is 17.3 Å². The molecule has 1 aromatic carbocycles. The van der Waals surface area contributed by atoms with Crippen molar-refractivity contribution in [1.82, 2.24) is 9.29 Å². The molecular weight excluding hydrogens is 396 g/mol. The van der Waals surface area contributed by atoms with Gasteiger partial charge in [-0.2, -0.15) is 4.31 Å². The smallest absolute Gasteiger partial charge is 0.302 e. The van der Waals surface area contributed by atoms with Gasteiger partial charge in [0.25, 0.3) is 0 Å². The number of pyridine rings is 1. The first-order valence-electron chi connectivity index (χ1n) is 9.74. The first-order valence-corrected chi connectivity index (χ1v) is 11.3. The van der Waals surface area contributed by atoms with Gasteiger partial charge in [0.2, 0.25) is 15.6 Å². The molecule has 1 fully saturated rings. The number of aromatic nitrogens is 1. The highest BCUT2D eigenvalue weighted by molar-refractivity contribution is 7.89. The normalized spacial score (nSPS) is 17.5. The van der Waals surface area contributed by atoms with Crippen molar-refractivity contribution in [1.29, 1.82) is 0 Å². The van der Waals surface area contributed by atoms with Gasteiger partial charge < -0.3 is 14.5 Å². The van der Waals surface area contributed by atoms with Crippen molar-refractivity contribution in [3.63, 3.8) is 0 Å². The number of benzene rings is 1. The van der Waals surface area contributed by atoms with Gasteiger partial charge in [0.15, 0.2) is 0 Å². The molecule has 1 aromatic heterocycles. The van der Waals surface area contributed by atoms with E-state index in [0.29, 0.717) is 38.2 Å². The van der Waals surface area contributed by atoms with Crippen molar-refractivity contribution in [3.8, 4) is 5.75 Å². The summed E-state index contributed by atoms with van der Waals surface area (Å²) in [5.41, 5.74) is 0.588. The molecule has 0 radical (unpaired) electrons. The minimum atomic E-state index is -3.38. The van der Waals surface area contributed by atoms with Crippen molar-refractivity contribution < 1.29 is 22.7 Å². The van der Waals surface area contributed by atoms with Crippen LogP contribution in [0.4, 0.5) is 0 Å². The van der Waals surface area contributed by atoms with E-state index in [2.05, 4.69) is 4.98 Å². The number of nitrogens with zero attached hydrogens (tertiary/aromatic N) is 1. The Morgan fingerprint density at radius 2 is 2.07 bits per heavy atom. The fraction of sp³-hybridized carbons (Fsp3) is 0.500. The maximum absolute atomic E-state index is 12.6. The number of rotatable bonds is 9. The number of hydrogen-bond donors (Lipinski definition) is 1. The second kappa shape index (κ2) is 9.41. The lowest BCUT2D eigenvalue weighted by molar-refractivity contribution is -0.142. The van der Waals surface area contributed by atoms with Crippen LogP contribution in [0.2, 0.25) is 0 Å². The number of unbranched alkanes of at least 4 members (excludes halogenated alkanes) is 1. The van der Waals surface area contributed by atoms with Crippen molar-refractivity contribution in [2.45, 2.75) is 38.6 Å². The second-order valence-electron chi connectivity index (χ2n) is 7.15. The first kappa shape index (κ1) is 21.3. The molecule has 0 amide bonds. The van der Waals surface area contributed by atoms with Gasteiger partial charge >= 0.3 is 5.97 Å². The maximum Gasteiger partial charge on any atom is 0.302 e. The molecule has 2 heterocycles. The van der Waals surface area contributed by atoms with Crippen LogP contribution >= 0.6 is 0 Å². The summed E-state index contributed by atoms with van der Waals surface area (Å²) in [6.07, 6.45) is 2.58. The SMILES string of the molecule is CC(=O)OC[C@@H]1CCCN1S(=O)(=O)CCCCOc1ccc2[nH]c(=O)ccc2c1. The standard InChI is InChI=1S/C20H26N2O6S/c1-15(23)28-14-17-5-4-10-22(17)29(25,26)12-3-2-11-27-18-7-8-19-16(13-18)6-9-20(24)21-19/h6-9,13,17H,2-5,10-12,14H2,1H3,(H,21,24)/t17-/m0/s1. The largest absolute Gasteiger partial charge is 0.494 e. The number of carbonyl (C=O) groups excluding carboxylic acids is 1. The number of esters is 1. The lowest BCUT2D eigenvalue weighted by Crippen LogP contribution is -2.40. The Kier molecular flexibility index (Phi) is 6.92. The molecule has 0 bridgehead atoms. The van der Waals surface area contributed by atoms with E-state index in [4.69, 9.17) is 9.47 Å². The Labute approximate surface area is 169 Å². The number of fused-ring (bicyclic) bond motifs is 1. The van der Waals surface area contributed by atoms with Crippen molar-refractivity contribution in [2.75, 3.05) is 25.5 Å². The van der Waals surface area contributed by atoms with Crippen molar-refractivity contribution in [2.24, 2.45) is 0 Å². The van der Waals surface area contributed by atoms with Crippen LogP contribution in [0.15, 0.2) is 35.1 Å². The molecule has 0 saturated carbocycles. The monoisotopic (exact) mass is 422 g/mol. The number of hydrogen-bond acceptors (Lipinski definition) is 6. The van der Waals surface area contributed by atoms with E-state index in [-0.39, 0.29) is 24.0 Å². The lowest BCUT2D eigenvalue weighted by Gasteiger charge is -2.23. The van der Waals surface area contributed by atoms with Crippen molar-refractivity contribution >= 4 is 26.9 Å². The van der Waals surface area contributed by atoms with Crippen LogP contribution in [0.5, 0.6) is 5.75 Å². The van der Waals surface area contributed by atoms with E-state index < -0.39 is 16.0 Å².